The summed E-state index contributed by atoms with van der Waals surface area (Å²) in [5.41, 5.74) is 1.54. The smallest absolute Gasteiger partial charge is 0.338 e. The minimum Gasteiger partial charge on any atom is -0.458 e. The first kappa shape index (κ1) is 30.0. The topological polar surface area (TPSA) is 90.0 Å². The highest BCUT2D eigenvalue weighted by molar-refractivity contribution is 7.91. The average molecular weight is 590 g/mol. The standard InChI is InChI=1S/C34H39NO6S/c36-33-21-19-28-18-20-30(31(35(28)33)17-10-24-42(38,39)29-15-8-3-9-16-29)32(41-34(37)27-13-6-2-7-14-27)22-23-40-25-26-11-4-1-5-12-26/h1-9,11-16,28,30-32H,10,17-25H2/t28-,30+,31+,32-/m0/s1. The molecule has 4 atom stereocenters. The zero-order valence-corrected chi connectivity index (χ0v) is 24.7. The number of fused-ring (bicyclic) bond motifs is 1. The molecule has 222 valence electrons. The van der Waals surface area contributed by atoms with E-state index in [1.54, 1.807) is 54.6 Å². The van der Waals surface area contributed by atoms with Crippen molar-refractivity contribution in [3.8, 4) is 0 Å². The Morgan fingerprint density at radius 1 is 0.881 bits per heavy atom. The van der Waals surface area contributed by atoms with Gasteiger partial charge in [0.05, 0.1) is 29.4 Å². The first-order chi connectivity index (χ1) is 20.4. The third-order valence-electron chi connectivity index (χ3n) is 8.48. The summed E-state index contributed by atoms with van der Waals surface area (Å²) in [4.78, 5) is 28.6. The molecule has 8 heteroatoms. The second-order valence-electron chi connectivity index (χ2n) is 11.2. The molecule has 2 heterocycles. The first-order valence-corrected chi connectivity index (χ1v) is 16.5. The molecule has 0 radical (unpaired) electrons. The number of piperidine rings is 1. The number of hydrogen-bond donors (Lipinski definition) is 0. The van der Waals surface area contributed by atoms with Crippen LogP contribution < -0.4 is 0 Å². The van der Waals surface area contributed by atoms with Crippen molar-refractivity contribution < 1.29 is 27.5 Å². The lowest BCUT2D eigenvalue weighted by Crippen LogP contribution is -2.53. The number of nitrogens with zero attached hydrogens (tertiary/aromatic N) is 1. The third-order valence-corrected chi connectivity index (χ3v) is 10.3. The first-order valence-electron chi connectivity index (χ1n) is 14.9. The van der Waals surface area contributed by atoms with E-state index in [2.05, 4.69) is 0 Å². The Morgan fingerprint density at radius 3 is 2.26 bits per heavy atom. The molecule has 42 heavy (non-hydrogen) atoms. The van der Waals surface area contributed by atoms with Gasteiger partial charge in [0.15, 0.2) is 9.84 Å². The van der Waals surface area contributed by atoms with E-state index in [4.69, 9.17) is 9.47 Å². The maximum Gasteiger partial charge on any atom is 0.338 e. The number of hydrogen-bond acceptors (Lipinski definition) is 6. The molecule has 0 aromatic heterocycles. The zero-order valence-electron chi connectivity index (χ0n) is 23.8. The van der Waals surface area contributed by atoms with E-state index in [9.17, 15) is 18.0 Å². The average Bonchev–Trinajstić information content (AvgIpc) is 3.41. The van der Waals surface area contributed by atoms with Crippen LogP contribution in [0.3, 0.4) is 0 Å². The van der Waals surface area contributed by atoms with Crippen LogP contribution in [0.15, 0.2) is 95.9 Å². The van der Waals surface area contributed by atoms with Gasteiger partial charge in [-0.15, -0.1) is 0 Å². The van der Waals surface area contributed by atoms with Gasteiger partial charge < -0.3 is 14.4 Å². The van der Waals surface area contributed by atoms with Gasteiger partial charge in [0.2, 0.25) is 5.91 Å². The summed E-state index contributed by atoms with van der Waals surface area (Å²) in [7, 11) is -3.44. The van der Waals surface area contributed by atoms with Gasteiger partial charge in [-0.3, -0.25) is 4.79 Å². The van der Waals surface area contributed by atoms with Crippen molar-refractivity contribution in [1.29, 1.82) is 0 Å². The molecule has 0 unspecified atom stereocenters. The predicted octanol–water partition coefficient (Wildman–Crippen LogP) is 5.84. The van der Waals surface area contributed by atoms with Gasteiger partial charge in [0.1, 0.15) is 6.10 Å². The fourth-order valence-corrected chi connectivity index (χ4v) is 7.76. The molecule has 7 nitrogen and oxygen atoms in total. The molecular formula is C34H39NO6S. The minimum atomic E-state index is -3.44. The van der Waals surface area contributed by atoms with E-state index in [-0.39, 0.29) is 29.7 Å². The van der Waals surface area contributed by atoms with Crippen molar-refractivity contribution in [3.05, 3.63) is 102 Å². The molecule has 0 N–H and O–H groups in total. The monoisotopic (exact) mass is 589 g/mol. The van der Waals surface area contributed by atoms with Gasteiger partial charge >= 0.3 is 5.97 Å². The summed E-state index contributed by atoms with van der Waals surface area (Å²) >= 11 is 0. The second-order valence-corrected chi connectivity index (χ2v) is 13.3. The van der Waals surface area contributed by atoms with Gasteiger partial charge in [0.25, 0.3) is 0 Å². The molecule has 0 aliphatic carbocycles. The van der Waals surface area contributed by atoms with Crippen LogP contribution in [-0.2, 0) is 30.7 Å². The summed E-state index contributed by atoms with van der Waals surface area (Å²) < 4.78 is 38.2. The lowest BCUT2D eigenvalue weighted by Gasteiger charge is -2.46. The number of carbonyl (C=O) groups excluding carboxylic acids is 2. The zero-order chi connectivity index (χ0) is 29.4. The van der Waals surface area contributed by atoms with Gasteiger partial charge in [-0.1, -0.05) is 66.7 Å². The Labute approximate surface area is 248 Å². The maximum absolute atomic E-state index is 13.2. The molecule has 1 amide bonds. The van der Waals surface area contributed by atoms with Gasteiger partial charge in [-0.2, -0.15) is 0 Å². The Balaban J connectivity index is 1.32. The van der Waals surface area contributed by atoms with Crippen molar-refractivity contribution in [2.45, 2.75) is 74.6 Å². The van der Waals surface area contributed by atoms with E-state index < -0.39 is 21.9 Å². The van der Waals surface area contributed by atoms with Crippen molar-refractivity contribution in [2.75, 3.05) is 12.4 Å². The van der Waals surface area contributed by atoms with Gasteiger partial charge in [-0.25, -0.2) is 13.2 Å². The van der Waals surface area contributed by atoms with Crippen LogP contribution in [0.5, 0.6) is 0 Å². The molecule has 2 aliphatic heterocycles. The highest BCUT2D eigenvalue weighted by Gasteiger charge is 2.46. The lowest BCUT2D eigenvalue weighted by molar-refractivity contribution is -0.137. The van der Waals surface area contributed by atoms with E-state index in [0.717, 1.165) is 24.8 Å². The van der Waals surface area contributed by atoms with Crippen LogP contribution in [-0.4, -0.2) is 55.7 Å². The normalized spacial score (nSPS) is 21.1. The molecule has 2 saturated heterocycles. The van der Waals surface area contributed by atoms with Crippen molar-refractivity contribution in [1.82, 2.24) is 4.90 Å². The second kappa shape index (κ2) is 14.1. The van der Waals surface area contributed by atoms with Crippen molar-refractivity contribution >= 4 is 21.7 Å². The van der Waals surface area contributed by atoms with Crippen LogP contribution in [0.25, 0.3) is 0 Å². The van der Waals surface area contributed by atoms with Crippen molar-refractivity contribution in [2.24, 2.45) is 5.92 Å². The fourth-order valence-electron chi connectivity index (χ4n) is 6.40. The number of ether oxygens (including phenoxy) is 2. The van der Waals surface area contributed by atoms with Gasteiger partial charge in [0, 0.05) is 30.8 Å². The quantitative estimate of drug-likeness (QED) is 0.184. The molecule has 3 aromatic carbocycles. The molecule has 0 saturated carbocycles. The SMILES string of the molecule is O=C(O[C@@H](CCOCc1ccccc1)[C@@H]1CC[C@H]2CCC(=O)N2[C@@H]1CCCS(=O)(=O)c1ccccc1)c1ccccc1. The summed E-state index contributed by atoms with van der Waals surface area (Å²) in [6.45, 7) is 0.850. The molecule has 0 bridgehead atoms. The summed E-state index contributed by atoms with van der Waals surface area (Å²) in [5.74, 6) is -0.407. The molecule has 5 rings (SSSR count). The molecule has 0 spiro atoms. The van der Waals surface area contributed by atoms with Crippen LogP contribution in [0.2, 0.25) is 0 Å². The third kappa shape index (κ3) is 7.47. The number of benzene rings is 3. The van der Waals surface area contributed by atoms with E-state index >= 15 is 0 Å². The Morgan fingerprint density at radius 2 is 1.55 bits per heavy atom. The summed E-state index contributed by atoms with van der Waals surface area (Å²) in [6, 6.07) is 27.3. The summed E-state index contributed by atoms with van der Waals surface area (Å²) in [6.07, 6.45) is 3.93. The van der Waals surface area contributed by atoms with Gasteiger partial charge in [-0.05, 0) is 61.9 Å². The van der Waals surface area contributed by atoms with Crippen LogP contribution in [0.4, 0.5) is 0 Å². The Hall–Kier alpha value is -3.49. The highest BCUT2D eigenvalue weighted by atomic mass is 32.2. The van der Waals surface area contributed by atoms with E-state index in [1.165, 1.54) is 0 Å². The Kier molecular flexibility index (Phi) is 10.1. The maximum atomic E-state index is 13.2. The number of sulfone groups is 1. The van der Waals surface area contributed by atoms with E-state index in [1.807, 2.05) is 41.3 Å². The van der Waals surface area contributed by atoms with Crippen LogP contribution in [0.1, 0.15) is 60.9 Å². The van der Waals surface area contributed by atoms with Crippen molar-refractivity contribution in [3.63, 3.8) is 0 Å². The Bertz CT molecular complexity index is 1410. The largest absolute Gasteiger partial charge is 0.458 e. The molecule has 3 aromatic rings. The number of esters is 1. The number of carbonyl (C=O) groups is 2. The molecular weight excluding hydrogens is 550 g/mol. The number of amides is 1. The lowest BCUT2D eigenvalue weighted by atomic mass is 9.79. The highest BCUT2D eigenvalue weighted by Crippen LogP contribution is 2.40. The van der Waals surface area contributed by atoms with Crippen LogP contribution >= 0.6 is 0 Å². The molecule has 2 aliphatic rings. The minimum absolute atomic E-state index is 0.00157. The van der Waals surface area contributed by atoms with E-state index in [0.29, 0.717) is 49.4 Å². The fraction of sp³-hybridized carbons (Fsp3) is 0.412. The number of rotatable bonds is 13. The summed E-state index contributed by atoms with van der Waals surface area (Å²) in [5, 5.41) is 0. The molecule has 2 fully saturated rings. The predicted molar refractivity (Wildman–Crippen MR) is 160 cm³/mol. The van der Waals surface area contributed by atoms with Crippen LogP contribution in [0, 0.1) is 5.92 Å².